The molecule has 0 aliphatic rings. The van der Waals surface area contributed by atoms with Crippen LogP contribution in [0, 0.1) is 0 Å². The minimum atomic E-state index is -0.731. The second-order valence-corrected chi connectivity index (χ2v) is 4.21. The molecule has 1 rings (SSSR count). The number of nitrogens with one attached hydrogen (secondary N) is 1. The minimum Gasteiger partial charge on any atom is -0.493 e. The van der Waals surface area contributed by atoms with Crippen molar-refractivity contribution in [1.82, 2.24) is 5.43 Å². The number of carbonyl (C=O) groups excluding carboxylic acids is 1. The highest BCUT2D eigenvalue weighted by Crippen LogP contribution is 2.32. The van der Waals surface area contributed by atoms with E-state index in [1.54, 1.807) is 18.2 Å². The van der Waals surface area contributed by atoms with E-state index in [2.05, 4.69) is 33.0 Å². The van der Waals surface area contributed by atoms with Crippen LogP contribution in [0.2, 0.25) is 0 Å². The Morgan fingerprint density at radius 3 is 2.89 bits per heavy atom. The quantitative estimate of drug-likeness (QED) is 0.476. The molecule has 0 spiro atoms. The van der Waals surface area contributed by atoms with E-state index in [0.29, 0.717) is 23.7 Å². The van der Waals surface area contributed by atoms with Crippen molar-refractivity contribution in [3.8, 4) is 11.5 Å². The number of nitrogens with zero attached hydrogens (tertiary/aromatic N) is 1. The third-order valence-electron chi connectivity index (χ3n) is 2.02. The van der Waals surface area contributed by atoms with E-state index in [0.717, 1.165) is 4.47 Å². The van der Waals surface area contributed by atoms with Gasteiger partial charge in [0.15, 0.2) is 11.5 Å². The van der Waals surface area contributed by atoms with Crippen LogP contribution in [0.4, 0.5) is 4.79 Å². The smallest absolute Gasteiger partial charge is 0.332 e. The molecule has 0 atom stereocenters. The number of amides is 2. The molecule has 0 aliphatic carbocycles. The molecule has 19 heavy (non-hydrogen) atoms. The standard InChI is InChI=1S/C12H14BrN3O3/c1-3-4-19-11-6-9(13)8(5-10(11)18-2)7-15-16-12(14)17/h3,5-7H,1,4H2,2H3,(H3,14,16,17). The minimum absolute atomic E-state index is 0.374. The summed E-state index contributed by atoms with van der Waals surface area (Å²) in [6, 6.07) is 2.73. The second-order valence-electron chi connectivity index (χ2n) is 3.36. The molecule has 6 nitrogen and oxygen atoms in total. The summed E-state index contributed by atoms with van der Waals surface area (Å²) >= 11 is 3.37. The molecule has 1 aromatic rings. The number of carbonyl (C=O) groups is 1. The van der Waals surface area contributed by atoms with Crippen LogP contribution < -0.4 is 20.6 Å². The number of hydrogen-bond acceptors (Lipinski definition) is 4. The Morgan fingerprint density at radius 1 is 1.58 bits per heavy atom. The number of hydrogen-bond donors (Lipinski definition) is 2. The SMILES string of the molecule is C=CCOc1cc(Br)c(C=NNC(N)=O)cc1OC. The fourth-order valence-corrected chi connectivity index (χ4v) is 1.66. The van der Waals surface area contributed by atoms with Crippen molar-refractivity contribution in [1.29, 1.82) is 0 Å². The molecule has 2 amide bonds. The summed E-state index contributed by atoms with van der Waals surface area (Å²) in [5.74, 6) is 1.12. The first-order valence-corrected chi connectivity index (χ1v) is 6.07. The maximum atomic E-state index is 10.5. The molecule has 0 fully saturated rings. The monoisotopic (exact) mass is 327 g/mol. The first kappa shape index (κ1) is 15.0. The van der Waals surface area contributed by atoms with Crippen molar-refractivity contribution in [2.45, 2.75) is 0 Å². The number of ether oxygens (including phenoxy) is 2. The van der Waals surface area contributed by atoms with Crippen molar-refractivity contribution in [3.63, 3.8) is 0 Å². The van der Waals surface area contributed by atoms with Crippen LogP contribution in [0.25, 0.3) is 0 Å². The van der Waals surface area contributed by atoms with Crippen LogP contribution in [0.15, 0.2) is 34.4 Å². The average molecular weight is 328 g/mol. The van der Waals surface area contributed by atoms with Crippen molar-refractivity contribution >= 4 is 28.2 Å². The summed E-state index contributed by atoms with van der Waals surface area (Å²) in [7, 11) is 1.53. The number of nitrogens with two attached hydrogens (primary N) is 1. The van der Waals surface area contributed by atoms with Gasteiger partial charge in [0.25, 0.3) is 0 Å². The van der Waals surface area contributed by atoms with Gasteiger partial charge in [0.2, 0.25) is 0 Å². The lowest BCUT2D eigenvalue weighted by Gasteiger charge is -2.11. The van der Waals surface area contributed by atoms with Gasteiger partial charge in [-0.2, -0.15) is 5.10 Å². The summed E-state index contributed by atoms with van der Waals surface area (Å²) in [5.41, 5.74) is 7.71. The number of halogens is 1. The fourth-order valence-electron chi connectivity index (χ4n) is 1.24. The Kier molecular flexibility index (Phi) is 5.87. The van der Waals surface area contributed by atoms with Gasteiger partial charge in [-0.1, -0.05) is 12.7 Å². The first-order chi connectivity index (χ1) is 9.08. The van der Waals surface area contributed by atoms with E-state index in [1.165, 1.54) is 13.3 Å². The van der Waals surface area contributed by atoms with Crippen LogP contribution >= 0.6 is 15.9 Å². The molecule has 3 N–H and O–H groups in total. The van der Waals surface area contributed by atoms with Crippen molar-refractivity contribution < 1.29 is 14.3 Å². The second kappa shape index (κ2) is 7.42. The molecule has 0 saturated carbocycles. The summed E-state index contributed by atoms with van der Waals surface area (Å²) in [4.78, 5) is 10.5. The highest BCUT2D eigenvalue weighted by molar-refractivity contribution is 9.10. The average Bonchev–Trinajstić information content (AvgIpc) is 2.38. The molecular weight excluding hydrogens is 314 g/mol. The summed E-state index contributed by atoms with van der Waals surface area (Å²) in [5, 5.41) is 3.68. The number of primary amides is 1. The van der Waals surface area contributed by atoms with Crippen LogP contribution in [0.5, 0.6) is 11.5 Å². The zero-order valence-corrected chi connectivity index (χ0v) is 11.9. The Hall–Kier alpha value is -2.02. The number of hydrazone groups is 1. The van der Waals surface area contributed by atoms with Crippen molar-refractivity contribution in [3.05, 3.63) is 34.8 Å². The summed E-state index contributed by atoms with van der Waals surface area (Å²) in [6.45, 7) is 3.95. The van der Waals surface area contributed by atoms with Gasteiger partial charge in [-0.05, 0) is 28.1 Å². The molecule has 0 unspecified atom stereocenters. The van der Waals surface area contributed by atoms with Gasteiger partial charge < -0.3 is 15.2 Å². The van der Waals surface area contributed by atoms with E-state index < -0.39 is 6.03 Å². The number of urea groups is 1. The van der Waals surface area contributed by atoms with Gasteiger partial charge in [0, 0.05) is 10.0 Å². The Bertz CT molecular complexity index is 503. The first-order valence-electron chi connectivity index (χ1n) is 5.28. The zero-order valence-electron chi connectivity index (χ0n) is 10.4. The Morgan fingerprint density at radius 2 is 2.32 bits per heavy atom. The molecular formula is C12H14BrN3O3. The maximum Gasteiger partial charge on any atom is 0.332 e. The number of rotatable bonds is 6. The van der Waals surface area contributed by atoms with Crippen LogP contribution in [0.1, 0.15) is 5.56 Å². The van der Waals surface area contributed by atoms with Gasteiger partial charge in [-0.25, -0.2) is 10.2 Å². The topological polar surface area (TPSA) is 85.9 Å². The van der Waals surface area contributed by atoms with Crippen LogP contribution in [-0.4, -0.2) is 26.0 Å². The Labute approximate surface area is 119 Å². The third-order valence-corrected chi connectivity index (χ3v) is 2.70. The Balaban J connectivity index is 2.98. The molecule has 0 aliphatic heterocycles. The highest BCUT2D eigenvalue weighted by Gasteiger charge is 2.08. The molecule has 102 valence electrons. The summed E-state index contributed by atoms with van der Waals surface area (Å²) < 4.78 is 11.4. The lowest BCUT2D eigenvalue weighted by molar-refractivity contribution is 0.249. The molecule has 0 saturated heterocycles. The molecule has 0 bridgehead atoms. The normalized spacial score (nSPS) is 10.2. The van der Waals surface area contributed by atoms with Gasteiger partial charge >= 0.3 is 6.03 Å². The fraction of sp³-hybridized carbons (Fsp3) is 0.167. The van der Waals surface area contributed by atoms with Gasteiger partial charge in [0.1, 0.15) is 6.61 Å². The zero-order chi connectivity index (χ0) is 14.3. The van der Waals surface area contributed by atoms with E-state index in [4.69, 9.17) is 15.2 Å². The van der Waals surface area contributed by atoms with Gasteiger partial charge in [0.05, 0.1) is 13.3 Å². The van der Waals surface area contributed by atoms with Crippen LogP contribution in [-0.2, 0) is 0 Å². The number of methoxy groups -OCH3 is 1. The lowest BCUT2D eigenvalue weighted by atomic mass is 10.2. The van der Waals surface area contributed by atoms with E-state index in [9.17, 15) is 4.79 Å². The molecule has 1 aromatic carbocycles. The van der Waals surface area contributed by atoms with Crippen molar-refractivity contribution in [2.75, 3.05) is 13.7 Å². The molecule has 7 heteroatoms. The van der Waals surface area contributed by atoms with Gasteiger partial charge in [-0.3, -0.25) is 0 Å². The summed E-state index contributed by atoms with van der Waals surface area (Å²) in [6.07, 6.45) is 3.08. The lowest BCUT2D eigenvalue weighted by Crippen LogP contribution is -2.24. The number of benzene rings is 1. The molecule has 0 aromatic heterocycles. The highest BCUT2D eigenvalue weighted by atomic mass is 79.9. The van der Waals surface area contributed by atoms with E-state index >= 15 is 0 Å². The maximum absolute atomic E-state index is 10.5. The molecule has 0 heterocycles. The van der Waals surface area contributed by atoms with E-state index in [1.807, 2.05) is 0 Å². The molecule has 0 radical (unpaired) electrons. The van der Waals surface area contributed by atoms with Crippen LogP contribution in [0.3, 0.4) is 0 Å². The van der Waals surface area contributed by atoms with Gasteiger partial charge in [-0.15, -0.1) is 0 Å². The predicted octanol–water partition coefficient (Wildman–Crippen LogP) is 2.02. The predicted molar refractivity (Wildman–Crippen MR) is 76.7 cm³/mol. The van der Waals surface area contributed by atoms with Crippen molar-refractivity contribution in [2.24, 2.45) is 10.8 Å². The largest absolute Gasteiger partial charge is 0.493 e. The third kappa shape index (κ3) is 4.63. The van der Waals surface area contributed by atoms with E-state index in [-0.39, 0.29) is 0 Å².